The third-order valence-electron chi connectivity index (χ3n) is 5.10. The Balaban J connectivity index is 1.78. The molecule has 1 aliphatic rings. The summed E-state index contributed by atoms with van der Waals surface area (Å²) in [5, 5.41) is 12.9. The average Bonchev–Trinajstić information content (AvgIpc) is 3.42. The van der Waals surface area contributed by atoms with Gasteiger partial charge in [0.25, 0.3) is 5.91 Å². The van der Waals surface area contributed by atoms with E-state index >= 15 is 0 Å². The third kappa shape index (κ3) is 3.74. The van der Waals surface area contributed by atoms with Crippen LogP contribution in [-0.4, -0.2) is 29.8 Å². The molecule has 1 aromatic carbocycles. The molecule has 2 aromatic rings. The molecule has 1 N–H and O–H groups in total. The zero-order valence-corrected chi connectivity index (χ0v) is 16.6. The van der Waals surface area contributed by atoms with Crippen LogP contribution in [0.1, 0.15) is 52.5 Å². The van der Waals surface area contributed by atoms with Gasteiger partial charge in [0.2, 0.25) is 5.91 Å². The van der Waals surface area contributed by atoms with Crippen molar-refractivity contribution in [2.45, 2.75) is 33.1 Å². The molecule has 1 saturated carbocycles. The van der Waals surface area contributed by atoms with Gasteiger partial charge < -0.3 is 10.2 Å². The number of nitriles is 1. The predicted molar refractivity (Wildman–Crippen MR) is 107 cm³/mol. The summed E-state index contributed by atoms with van der Waals surface area (Å²) >= 11 is 1.20. The minimum Gasteiger partial charge on any atom is -0.338 e. The maximum atomic E-state index is 12.7. The summed E-state index contributed by atoms with van der Waals surface area (Å²) in [6, 6.07) is 12.1. The number of carbonyl (C=O) groups excluding carboxylic acids is 2. The van der Waals surface area contributed by atoms with E-state index in [9.17, 15) is 14.9 Å². The molecular weight excluding hydrogens is 358 g/mol. The number of anilines is 1. The number of hydrogen-bond acceptors (Lipinski definition) is 4. The Morgan fingerprint density at radius 1 is 1.26 bits per heavy atom. The Hall–Kier alpha value is -2.65. The highest BCUT2D eigenvalue weighted by atomic mass is 32.1. The summed E-state index contributed by atoms with van der Waals surface area (Å²) in [6.45, 7) is 6.84. The first-order valence-corrected chi connectivity index (χ1v) is 10.0. The Morgan fingerprint density at radius 3 is 2.52 bits per heavy atom. The maximum Gasteiger partial charge on any atom is 0.264 e. The third-order valence-corrected chi connectivity index (χ3v) is 6.29. The first-order chi connectivity index (χ1) is 13.0. The smallest absolute Gasteiger partial charge is 0.264 e. The van der Waals surface area contributed by atoms with Crippen molar-refractivity contribution in [3.05, 3.63) is 51.9 Å². The van der Waals surface area contributed by atoms with Crippen LogP contribution >= 0.6 is 11.3 Å². The lowest BCUT2D eigenvalue weighted by molar-refractivity contribution is -0.117. The zero-order chi connectivity index (χ0) is 19.6. The number of nitrogens with one attached hydrogen (secondary N) is 1. The summed E-state index contributed by atoms with van der Waals surface area (Å²) in [5.74, 6) is -0.0191. The topological polar surface area (TPSA) is 73.2 Å². The molecule has 1 aromatic heterocycles. The number of hydrogen-bond donors (Lipinski definition) is 1. The molecule has 5 nitrogen and oxygen atoms in total. The van der Waals surface area contributed by atoms with Crippen molar-refractivity contribution < 1.29 is 9.59 Å². The van der Waals surface area contributed by atoms with Crippen molar-refractivity contribution in [2.24, 2.45) is 5.92 Å². The molecule has 6 heteroatoms. The van der Waals surface area contributed by atoms with E-state index in [1.54, 1.807) is 11.8 Å². The Kier molecular flexibility index (Phi) is 5.62. The lowest BCUT2D eigenvalue weighted by atomic mass is 10.1. The van der Waals surface area contributed by atoms with Crippen molar-refractivity contribution in [1.29, 1.82) is 5.26 Å². The molecule has 0 radical (unpaired) electrons. The molecule has 1 aliphatic carbocycles. The molecule has 2 amide bonds. The van der Waals surface area contributed by atoms with E-state index in [4.69, 9.17) is 0 Å². The molecule has 140 valence electrons. The molecule has 0 aliphatic heterocycles. The number of carbonyl (C=O) groups is 2. The van der Waals surface area contributed by atoms with Crippen molar-refractivity contribution in [1.82, 2.24) is 4.90 Å². The van der Waals surface area contributed by atoms with Crippen LogP contribution in [0.5, 0.6) is 0 Å². The van der Waals surface area contributed by atoms with Crippen LogP contribution in [0.2, 0.25) is 0 Å². The second-order valence-electron chi connectivity index (χ2n) is 6.70. The normalized spacial score (nSPS) is 17.9. The fraction of sp³-hybridized carbons (Fsp3) is 0.381. The SMILES string of the molecule is CCN(CC)C(=O)c1sc(NC(=O)[C@H]2C[C@@H]2c2ccccc2)c(C#N)c1C. The zero-order valence-electron chi connectivity index (χ0n) is 15.8. The molecule has 0 saturated heterocycles. The van der Waals surface area contributed by atoms with Crippen LogP contribution in [0.4, 0.5) is 5.00 Å². The number of benzene rings is 1. The largest absolute Gasteiger partial charge is 0.338 e. The van der Waals surface area contributed by atoms with Gasteiger partial charge in [-0.15, -0.1) is 11.3 Å². The fourth-order valence-electron chi connectivity index (χ4n) is 3.35. The van der Waals surface area contributed by atoms with E-state index < -0.39 is 0 Å². The van der Waals surface area contributed by atoms with E-state index in [-0.39, 0.29) is 23.7 Å². The number of rotatable bonds is 6. The van der Waals surface area contributed by atoms with Crippen LogP contribution in [0.15, 0.2) is 30.3 Å². The van der Waals surface area contributed by atoms with Crippen LogP contribution in [0.3, 0.4) is 0 Å². The quantitative estimate of drug-likeness (QED) is 0.817. The summed E-state index contributed by atoms with van der Waals surface area (Å²) in [7, 11) is 0. The predicted octanol–water partition coefficient (Wildman–Crippen LogP) is 4.15. The molecule has 0 spiro atoms. The molecule has 0 bridgehead atoms. The van der Waals surface area contributed by atoms with Gasteiger partial charge in [-0.2, -0.15) is 5.26 Å². The van der Waals surface area contributed by atoms with Crippen LogP contribution in [-0.2, 0) is 4.79 Å². The van der Waals surface area contributed by atoms with Crippen molar-refractivity contribution in [3.63, 3.8) is 0 Å². The lowest BCUT2D eigenvalue weighted by Crippen LogP contribution is -2.30. The monoisotopic (exact) mass is 381 g/mol. The van der Waals surface area contributed by atoms with Gasteiger partial charge in [-0.25, -0.2) is 0 Å². The highest BCUT2D eigenvalue weighted by Crippen LogP contribution is 2.48. The number of nitrogens with zero attached hydrogens (tertiary/aromatic N) is 2. The summed E-state index contributed by atoms with van der Waals surface area (Å²) in [6.07, 6.45) is 0.813. The minimum atomic E-state index is -0.0897. The van der Waals surface area contributed by atoms with E-state index in [1.165, 1.54) is 11.3 Å². The number of amides is 2. The summed E-state index contributed by atoms with van der Waals surface area (Å²) < 4.78 is 0. The van der Waals surface area contributed by atoms with Gasteiger partial charge in [0.05, 0.1) is 10.4 Å². The van der Waals surface area contributed by atoms with E-state index in [0.717, 1.165) is 12.0 Å². The van der Waals surface area contributed by atoms with Crippen molar-refractivity contribution in [3.8, 4) is 6.07 Å². The van der Waals surface area contributed by atoms with Gasteiger partial charge in [-0.3, -0.25) is 9.59 Å². The molecule has 1 heterocycles. The van der Waals surface area contributed by atoms with Gasteiger partial charge >= 0.3 is 0 Å². The van der Waals surface area contributed by atoms with Crippen LogP contribution in [0, 0.1) is 24.2 Å². The Bertz CT molecular complexity index is 894. The summed E-state index contributed by atoms with van der Waals surface area (Å²) in [4.78, 5) is 27.6. The standard InChI is InChI=1S/C21H23N3O2S/c1-4-24(5-2)21(26)18-13(3)17(12-22)20(27-18)23-19(25)16-11-15(16)14-9-7-6-8-10-14/h6-10,15-16H,4-5,11H2,1-3H3,(H,23,25)/t15-,16+/m1/s1. The van der Waals surface area contributed by atoms with Crippen molar-refractivity contribution >= 4 is 28.2 Å². The molecule has 2 atom stereocenters. The van der Waals surface area contributed by atoms with Gasteiger partial charge in [-0.1, -0.05) is 30.3 Å². The van der Waals surface area contributed by atoms with Gasteiger partial charge in [-0.05, 0) is 44.2 Å². The van der Waals surface area contributed by atoms with Crippen molar-refractivity contribution in [2.75, 3.05) is 18.4 Å². The second kappa shape index (κ2) is 7.93. The Morgan fingerprint density at radius 2 is 1.93 bits per heavy atom. The highest BCUT2D eigenvalue weighted by molar-refractivity contribution is 7.18. The second-order valence-corrected chi connectivity index (χ2v) is 7.72. The average molecular weight is 382 g/mol. The van der Waals surface area contributed by atoms with E-state index in [1.807, 2.05) is 44.2 Å². The lowest BCUT2D eigenvalue weighted by Gasteiger charge is -2.17. The fourth-order valence-corrected chi connectivity index (χ4v) is 4.48. The Labute approximate surface area is 163 Å². The van der Waals surface area contributed by atoms with Crippen LogP contribution in [0.25, 0.3) is 0 Å². The van der Waals surface area contributed by atoms with E-state index in [2.05, 4.69) is 11.4 Å². The first-order valence-electron chi connectivity index (χ1n) is 9.20. The van der Waals surface area contributed by atoms with Crippen LogP contribution < -0.4 is 5.32 Å². The summed E-state index contributed by atoms with van der Waals surface area (Å²) in [5.41, 5.74) is 2.20. The highest BCUT2D eigenvalue weighted by Gasteiger charge is 2.44. The van der Waals surface area contributed by atoms with Gasteiger partial charge in [0, 0.05) is 19.0 Å². The van der Waals surface area contributed by atoms with Gasteiger partial charge in [0.1, 0.15) is 11.1 Å². The minimum absolute atomic E-state index is 0.0801. The molecule has 0 unspecified atom stereocenters. The molecule has 3 rings (SSSR count). The molecule has 27 heavy (non-hydrogen) atoms. The maximum absolute atomic E-state index is 12.7. The van der Waals surface area contributed by atoms with Gasteiger partial charge in [0.15, 0.2) is 0 Å². The van der Waals surface area contributed by atoms with E-state index in [0.29, 0.717) is 34.1 Å². The molecular formula is C21H23N3O2S. The first kappa shape index (κ1) is 19.1. The molecule has 1 fully saturated rings. The number of thiophene rings is 1.